The Bertz CT molecular complexity index is 59.4. The molecule has 0 heterocycles. The molecular weight excluding hydrogens is 206 g/mol. The Hall–Kier alpha value is 0.599. The summed E-state index contributed by atoms with van der Waals surface area (Å²) in [7, 11) is 0. The second kappa shape index (κ2) is 5.60. The fourth-order valence-corrected chi connectivity index (χ4v) is 2.25. The Kier molecular flexibility index (Phi) is 6.16. The van der Waals surface area contributed by atoms with Crippen LogP contribution in [0.2, 0.25) is 11.6 Å². The van der Waals surface area contributed by atoms with Gasteiger partial charge in [-0.05, 0) is 0 Å². The second-order valence-corrected chi connectivity index (χ2v) is 3.18. The normalized spacial score (nSPS) is 6.33. The van der Waals surface area contributed by atoms with E-state index >= 15 is 0 Å². The van der Waals surface area contributed by atoms with Gasteiger partial charge in [0, 0.05) is 0 Å². The van der Waals surface area contributed by atoms with Gasteiger partial charge in [0.2, 0.25) is 0 Å². The van der Waals surface area contributed by atoms with Crippen LogP contribution >= 0.6 is 0 Å². The van der Waals surface area contributed by atoms with E-state index in [1.54, 1.807) is 0 Å². The molecule has 0 aliphatic heterocycles. The van der Waals surface area contributed by atoms with Crippen LogP contribution in [0.25, 0.3) is 0 Å². The summed E-state index contributed by atoms with van der Waals surface area (Å²) in [6.07, 6.45) is 0. The molecule has 0 nitrogen and oxygen atoms in total. The molecule has 0 saturated heterocycles. The summed E-state index contributed by atoms with van der Waals surface area (Å²) in [6.45, 7) is 0. The Balaban J connectivity index is 2.90. The van der Waals surface area contributed by atoms with Crippen molar-refractivity contribution in [3.63, 3.8) is 0 Å². The predicted octanol–water partition coefficient (Wildman–Crippen LogP) is 0.409. The molecule has 0 atom stereocenters. The first kappa shape index (κ1) is 6.60. The van der Waals surface area contributed by atoms with Crippen molar-refractivity contribution in [1.82, 2.24) is 0 Å². The third kappa shape index (κ3) is 4.60. The van der Waals surface area contributed by atoms with Crippen LogP contribution in [-0.4, -0.2) is 29.9 Å². The van der Waals surface area contributed by atoms with Gasteiger partial charge in [-0.3, -0.25) is 0 Å². The van der Waals surface area contributed by atoms with Gasteiger partial charge in [-0.25, -0.2) is 0 Å². The Labute approximate surface area is 51.4 Å². The molecule has 0 fully saturated rings. The molecule has 0 aliphatic rings. The molecule has 0 aromatic rings. The van der Waals surface area contributed by atoms with Crippen LogP contribution in [0.1, 0.15) is 0 Å². The van der Waals surface area contributed by atoms with E-state index in [1.807, 2.05) is 0 Å². The standard InChI is InChI=1S/C4H6Se2/c1-5-3-4-6-2/h1-2H3. The SMILES string of the molecule is C[Se]C#C[Se]C. The van der Waals surface area contributed by atoms with Crippen molar-refractivity contribution < 1.29 is 0 Å². The summed E-state index contributed by atoms with van der Waals surface area (Å²) in [5, 5.41) is 0. The predicted molar refractivity (Wildman–Crippen MR) is 31.0 cm³/mol. The third-order valence-corrected chi connectivity index (χ3v) is 2.19. The average Bonchev–Trinajstić information content (AvgIpc) is 1.61. The summed E-state index contributed by atoms with van der Waals surface area (Å²) >= 11 is 1.16. The molecule has 0 unspecified atom stereocenters. The molecule has 2 heteroatoms. The summed E-state index contributed by atoms with van der Waals surface area (Å²) in [5.74, 6) is 4.26. The van der Waals surface area contributed by atoms with Crippen LogP contribution in [0.3, 0.4) is 0 Å². The maximum atomic E-state index is 3.04. The quantitative estimate of drug-likeness (QED) is 0.403. The summed E-state index contributed by atoms with van der Waals surface area (Å²) in [6, 6.07) is 0. The van der Waals surface area contributed by atoms with E-state index in [9.17, 15) is 0 Å². The first-order valence-electron chi connectivity index (χ1n) is 1.47. The summed E-state index contributed by atoms with van der Waals surface area (Å²) in [4.78, 5) is 6.08. The zero-order valence-corrected chi connectivity index (χ0v) is 7.24. The van der Waals surface area contributed by atoms with E-state index in [1.165, 1.54) is 0 Å². The minimum atomic E-state index is 0.581. The molecular formula is C4H6Se2. The van der Waals surface area contributed by atoms with Gasteiger partial charge in [-0.15, -0.1) is 0 Å². The molecule has 6 heavy (non-hydrogen) atoms. The Morgan fingerprint density at radius 2 is 1.33 bits per heavy atom. The van der Waals surface area contributed by atoms with Crippen LogP contribution in [0, 0.1) is 9.64 Å². The molecule has 0 aliphatic carbocycles. The van der Waals surface area contributed by atoms with Crippen LogP contribution in [0.4, 0.5) is 0 Å². The number of hydrogen-bond donors (Lipinski definition) is 0. The minimum absolute atomic E-state index is 0.581. The van der Waals surface area contributed by atoms with Crippen molar-refractivity contribution in [3.05, 3.63) is 0 Å². The monoisotopic (exact) mass is 214 g/mol. The van der Waals surface area contributed by atoms with Crippen molar-refractivity contribution >= 4 is 29.9 Å². The van der Waals surface area contributed by atoms with E-state index in [4.69, 9.17) is 0 Å². The van der Waals surface area contributed by atoms with E-state index in [2.05, 4.69) is 21.3 Å². The molecule has 0 bridgehead atoms. The van der Waals surface area contributed by atoms with E-state index < -0.39 is 0 Å². The second-order valence-electron chi connectivity index (χ2n) is 0.612. The number of rotatable bonds is 0. The fraction of sp³-hybridized carbons (Fsp3) is 0.500. The Morgan fingerprint density at radius 3 is 1.50 bits per heavy atom. The van der Waals surface area contributed by atoms with E-state index in [-0.39, 0.29) is 0 Å². The average molecular weight is 212 g/mol. The molecule has 0 aromatic heterocycles. The molecule has 0 rings (SSSR count). The topological polar surface area (TPSA) is 0 Å². The van der Waals surface area contributed by atoms with Gasteiger partial charge in [0.05, 0.1) is 0 Å². The van der Waals surface area contributed by atoms with Gasteiger partial charge in [0.1, 0.15) is 0 Å². The molecule has 0 amide bonds. The van der Waals surface area contributed by atoms with Crippen LogP contribution in [0.15, 0.2) is 0 Å². The van der Waals surface area contributed by atoms with Crippen molar-refractivity contribution in [1.29, 1.82) is 0 Å². The van der Waals surface area contributed by atoms with Crippen LogP contribution in [-0.2, 0) is 0 Å². The molecule has 0 N–H and O–H groups in total. The van der Waals surface area contributed by atoms with Gasteiger partial charge >= 0.3 is 51.2 Å². The molecule has 34 valence electrons. The van der Waals surface area contributed by atoms with Gasteiger partial charge in [0.25, 0.3) is 0 Å². The molecule has 0 aromatic carbocycles. The van der Waals surface area contributed by atoms with E-state index in [0.717, 1.165) is 0 Å². The fourth-order valence-electron chi connectivity index (χ4n) is 0.0833. The first-order valence-corrected chi connectivity index (χ1v) is 6.61. The molecule has 0 spiro atoms. The third-order valence-electron chi connectivity index (χ3n) is 0.246. The maximum absolute atomic E-state index is 3.04. The van der Waals surface area contributed by atoms with Gasteiger partial charge < -0.3 is 0 Å². The molecule has 0 saturated carbocycles. The summed E-state index contributed by atoms with van der Waals surface area (Å²) in [5.41, 5.74) is 0. The zero-order chi connectivity index (χ0) is 4.83. The van der Waals surface area contributed by atoms with Crippen LogP contribution in [0.5, 0.6) is 0 Å². The Morgan fingerprint density at radius 1 is 1.00 bits per heavy atom. The van der Waals surface area contributed by atoms with Crippen molar-refractivity contribution in [2.24, 2.45) is 0 Å². The zero-order valence-electron chi connectivity index (χ0n) is 3.82. The van der Waals surface area contributed by atoms with E-state index in [0.29, 0.717) is 29.9 Å². The first-order chi connectivity index (χ1) is 2.91. The van der Waals surface area contributed by atoms with Gasteiger partial charge in [-0.1, -0.05) is 0 Å². The van der Waals surface area contributed by atoms with Gasteiger partial charge in [-0.2, -0.15) is 0 Å². The van der Waals surface area contributed by atoms with Crippen LogP contribution < -0.4 is 0 Å². The van der Waals surface area contributed by atoms with Crippen molar-refractivity contribution in [3.8, 4) is 9.64 Å². The van der Waals surface area contributed by atoms with Crippen molar-refractivity contribution in [2.75, 3.05) is 0 Å². The van der Waals surface area contributed by atoms with Gasteiger partial charge in [0.15, 0.2) is 0 Å². The molecule has 0 radical (unpaired) electrons. The number of hydrogen-bond acceptors (Lipinski definition) is 0. The van der Waals surface area contributed by atoms with Crippen molar-refractivity contribution in [2.45, 2.75) is 11.6 Å². The summed E-state index contributed by atoms with van der Waals surface area (Å²) < 4.78 is 0.